The van der Waals surface area contributed by atoms with Crippen LogP contribution in [-0.4, -0.2) is 28.2 Å². The highest BCUT2D eigenvalue weighted by Gasteiger charge is 2.10. The molecule has 0 fully saturated rings. The minimum absolute atomic E-state index is 0.0421. The van der Waals surface area contributed by atoms with E-state index >= 15 is 0 Å². The van der Waals surface area contributed by atoms with E-state index in [1.807, 2.05) is 6.92 Å². The van der Waals surface area contributed by atoms with Gasteiger partial charge < -0.3 is 5.32 Å². The summed E-state index contributed by atoms with van der Waals surface area (Å²) in [6.45, 7) is 2.02. The number of hydrazone groups is 1. The van der Waals surface area contributed by atoms with Crippen molar-refractivity contribution < 1.29 is 9.59 Å². The van der Waals surface area contributed by atoms with Crippen LogP contribution in [0.5, 0.6) is 0 Å². The number of aromatic nitrogens is 2. The molecule has 0 aliphatic heterocycles. The number of anilines is 1. The maximum Gasteiger partial charge on any atom is 0.247 e. The molecule has 2 aromatic rings. The molecule has 1 aromatic carbocycles. The summed E-state index contributed by atoms with van der Waals surface area (Å²) in [5.74, 6) is -0.410. The van der Waals surface area contributed by atoms with Gasteiger partial charge >= 0.3 is 0 Å². The van der Waals surface area contributed by atoms with Crippen LogP contribution in [0.4, 0.5) is 5.13 Å². The van der Waals surface area contributed by atoms with E-state index in [-0.39, 0.29) is 18.2 Å². The summed E-state index contributed by atoms with van der Waals surface area (Å²) < 4.78 is 0. The van der Waals surface area contributed by atoms with Crippen LogP contribution in [0.2, 0.25) is 5.02 Å². The largest absolute Gasteiger partial charge is 0.301 e. The molecule has 1 aromatic heterocycles. The molecule has 132 valence electrons. The van der Waals surface area contributed by atoms with Crippen molar-refractivity contribution in [3.63, 3.8) is 0 Å². The van der Waals surface area contributed by atoms with Crippen molar-refractivity contribution in [3.05, 3.63) is 39.9 Å². The lowest BCUT2D eigenvalue weighted by molar-refractivity contribution is -0.120. The molecule has 2 N–H and O–H groups in total. The van der Waals surface area contributed by atoms with E-state index < -0.39 is 0 Å². The second kappa shape index (κ2) is 9.85. The van der Waals surface area contributed by atoms with Crippen LogP contribution in [0.25, 0.3) is 0 Å². The van der Waals surface area contributed by atoms with Crippen LogP contribution in [0.1, 0.15) is 36.8 Å². The maximum absolute atomic E-state index is 11.8. The van der Waals surface area contributed by atoms with Gasteiger partial charge in [0.15, 0.2) is 0 Å². The number of benzene rings is 1. The fourth-order valence-corrected chi connectivity index (χ4v) is 2.68. The quantitative estimate of drug-likeness (QED) is 0.544. The second-order valence-corrected chi connectivity index (χ2v) is 6.67. The Balaban J connectivity index is 1.78. The Labute approximate surface area is 154 Å². The van der Waals surface area contributed by atoms with E-state index in [1.165, 1.54) is 17.6 Å². The number of carbonyl (C=O) groups is 2. The van der Waals surface area contributed by atoms with Crippen molar-refractivity contribution in [1.82, 2.24) is 15.6 Å². The predicted octanol–water partition coefficient (Wildman–Crippen LogP) is 3.01. The summed E-state index contributed by atoms with van der Waals surface area (Å²) in [6, 6.07) is 7.05. The Morgan fingerprint density at radius 1 is 1.24 bits per heavy atom. The molecule has 0 radical (unpaired) electrons. The lowest BCUT2D eigenvalue weighted by atomic mass is 10.2. The van der Waals surface area contributed by atoms with Crippen LogP contribution in [-0.2, 0) is 16.0 Å². The predicted molar refractivity (Wildman–Crippen MR) is 99.0 cm³/mol. The van der Waals surface area contributed by atoms with Crippen molar-refractivity contribution in [2.24, 2.45) is 5.10 Å². The van der Waals surface area contributed by atoms with E-state index in [2.05, 4.69) is 26.0 Å². The summed E-state index contributed by atoms with van der Waals surface area (Å²) in [4.78, 5) is 23.5. The van der Waals surface area contributed by atoms with Gasteiger partial charge in [0, 0.05) is 11.4 Å². The van der Waals surface area contributed by atoms with E-state index in [0.29, 0.717) is 21.6 Å². The van der Waals surface area contributed by atoms with Gasteiger partial charge in [0.2, 0.25) is 16.9 Å². The first-order valence-corrected chi connectivity index (χ1v) is 8.96. The van der Waals surface area contributed by atoms with E-state index in [9.17, 15) is 9.59 Å². The zero-order valence-electron chi connectivity index (χ0n) is 13.7. The number of nitrogens with one attached hydrogen (secondary N) is 2. The minimum atomic E-state index is -0.315. The average Bonchev–Trinajstić information content (AvgIpc) is 3.01. The molecule has 0 atom stereocenters. The zero-order valence-corrected chi connectivity index (χ0v) is 15.2. The highest BCUT2D eigenvalue weighted by atomic mass is 35.5. The molecule has 25 heavy (non-hydrogen) atoms. The van der Waals surface area contributed by atoms with Crippen molar-refractivity contribution in [2.75, 3.05) is 5.32 Å². The van der Waals surface area contributed by atoms with Gasteiger partial charge in [-0.1, -0.05) is 48.4 Å². The summed E-state index contributed by atoms with van der Waals surface area (Å²) in [7, 11) is 0. The number of nitrogens with zero attached hydrogens (tertiary/aromatic N) is 3. The fraction of sp³-hybridized carbons (Fsp3) is 0.312. The Hall–Kier alpha value is -2.32. The van der Waals surface area contributed by atoms with Crippen molar-refractivity contribution >= 4 is 46.1 Å². The summed E-state index contributed by atoms with van der Waals surface area (Å²) >= 11 is 6.97. The fourth-order valence-electron chi connectivity index (χ4n) is 1.80. The van der Waals surface area contributed by atoms with Crippen LogP contribution in [0.15, 0.2) is 29.4 Å². The van der Waals surface area contributed by atoms with Crippen LogP contribution < -0.4 is 10.7 Å². The number of hydrogen-bond acceptors (Lipinski definition) is 6. The van der Waals surface area contributed by atoms with E-state index in [0.717, 1.165) is 18.4 Å². The number of hydrogen-bond donors (Lipinski definition) is 2. The molecule has 9 heteroatoms. The van der Waals surface area contributed by atoms with Crippen molar-refractivity contribution in [1.29, 1.82) is 0 Å². The molecule has 0 unspecified atom stereocenters. The molecule has 0 saturated heterocycles. The molecule has 0 saturated carbocycles. The van der Waals surface area contributed by atoms with Gasteiger partial charge in [0.05, 0.1) is 12.6 Å². The molecule has 1 heterocycles. The molecule has 2 amide bonds. The smallest absolute Gasteiger partial charge is 0.247 e. The first kappa shape index (κ1) is 19.0. The molecule has 7 nitrogen and oxygen atoms in total. The third kappa shape index (κ3) is 6.98. The third-order valence-corrected chi connectivity index (χ3v) is 4.15. The van der Waals surface area contributed by atoms with Gasteiger partial charge in [-0.25, -0.2) is 5.43 Å². The SMILES string of the molecule is CCCCC(=O)Nc1nnc(CC(=O)N/N=C\c2ccc(Cl)cc2)s1. The Morgan fingerprint density at radius 2 is 2.00 bits per heavy atom. The molecule has 2 rings (SSSR count). The van der Waals surface area contributed by atoms with Gasteiger partial charge in [-0.15, -0.1) is 10.2 Å². The lowest BCUT2D eigenvalue weighted by Gasteiger charge is -1.98. The van der Waals surface area contributed by atoms with Crippen LogP contribution in [0, 0.1) is 0 Å². The number of rotatable bonds is 8. The van der Waals surface area contributed by atoms with E-state index in [1.54, 1.807) is 24.3 Å². The molecule has 0 spiro atoms. The molecular formula is C16H18ClN5O2S. The summed E-state index contributed by atoms with van der Waals surface area (Å²) in [5.41, 5.74) is 3.24. The number of amides is 2. The Bertz CT molecular complexity index is 745. The highest BCUT2D eigenvalue weighted by Crippen LogP contribution is 2.16. The van der Waals surface area contributed by atoms with Crippen molar-refractivity contribution in [2.45, 2.75) is 32.6 Å². The molecular weight excluding hydrogens is 362 g/mol. The monoisotopic (exact) mass is 379 g/mol. The van der Waals surface area contributed by atoms with Crippen LogP contribution >= 0.6 is 22.9 Å². The maximum atomic E-state index is 11.8. The minimum Gasteiger partial charge on any atom is -0.301 e. The first-order valence-electron chi connectivity index (χ1n) is 7.76. The third-order valence-electron chi connectivity index (χ3n) is 3.06. The van der Waals surface area contributed by atoms with Gasteiger partial charge in [0.1, 0.15) is 5.01 Å². The normalized spacial score (nSPS) is 10.8. The highest BCUT2D eigenvalue weighted by molar-refractivity contribution is 7.15. The molecule has 0 bridgehead atoms. The number of carbonyl (C=O) groups excluding carboxylic acids is 2. The lowest BCUT2D eigenvalue weighted by Crippen LogP contribution is -2.19. The zero-order chi connectivity index (χ0) is 18.1. The van der Waals surface area contributed by atoms with E-state index in [4.69, 9.17) is 11.6 Å². The number of unbranched alkanes of at least 4 members (excludes halogenated alkanes) is 1. The second-order valence-electron chi connectivity index (χ2n) is 5.17. The van der Waals surface area contributed by atoms with Gasteiger partial charge in [-0.2, -0.15) is 5.10 Å². The molecule has 0 aliphatic rings. The molecule has 0 aliphatic carbocycles. The Kier molecular flexibility index (Phi) is 7.49. The van der Waals surface area contributed by atoms with Gasteiger partial charge in [-0.3, -0.25) is 9.59 Å². The number of halogens is 1. The topological polar surface area (TPSA) is 96.3 Å². The average molecular weight is 380 g/mol. The Morgan fingerprint density at radius 3 is 2.72 bits per heavy atom. The standard InChI is InChI=1S/C16H18ClN5O2S/c1-2-3-4-13(23)19-16-22-21-15(25-16)9-14(24)20-18-10-11-5-7-12(17)8-6-11/h5-8,10H,2-4,9H2,1H3,(H,20,24)(H,19,22,23)/b18-10-. The first-order chi connectivity index (χ1) is 12.1. The van der Waals surface area contributed by atoms with Gasteiger partial charge in [-0.05, 0) is 24.1 Å². The van der Waals surface area contributed by atoms with Crippen LogP contribution in [0.3, 0.4) is 0 Å². The van der Waals surface area contributed by atoms with Gasteiger partial charge in [0.25, 0.3) is 0 Å². The summed E-state index contributed by atoms with van der Waals surface area (Å²) in [6.07, 6.45) is 3.79. The van der Waals surface area contributed by atoms with Crippen molar-refractivity contribution in [3.8, 4) is 0 Å². The summed E-state index contributed by atoms with van der Waals surface area (Å²) in [5, 5.41) is 15.8.